The number of esters is 2. The maximum absolute atomic E-state index is 13.8. The van der Waals surface area contributed by atoms with Crippen LogP contribution in [0.15, 0.2) is 0 Å². The van der Waals surface area contributed by atoms with E-state index < -0.39 is 98.1 Å². The van der Waals surface area contributed by atoms with E-state index in [1.165, 1.54) is 166 Å². The summed E-state index contributed by atoms with van der Waals surface area (Å²) in [5.41, 5.74) is 0. The summed E-state index contributed by atoms with van der Waals surface area (Å²) in [5, 5.41) is 37.7. The molecule has 482 valence electrons. The van der Waals surface area contributed by atoms with Crippen molar-refractivity contribution in [2.24, 2.45) is 0 Å². The lowest BCUT2D eigenvalue weighted by molar-refractivity contribution is -0.157. The first kappa shape index (κ1) is 78.6. The lowest BCUT2D eigenvalue weighted by atomic mass is 10.0. The van der Waals surface area contributed by atoms with E-state index in [2.05, 4.69) is 42.0 Å². The molecular formula is C64H116N4O14S. The molecule has 0 saturated carbocycles. The maximum atomic E-state index is 13.8. The molecule has 0 aliphatic heterocycles. The largest absolute Gasteiger partial charge is 0.481 e. The highest BCUT2D eigenvalue weighted by Crippen LogP contribution is 2.18. The second kappa shape index (κ2) is 56.7. The summed E-state index contributed by atoms with van der Waals surface area (Å²) in [6.07, 6.45) is 40.2. The van der Waals surface area contributed by atoms with Gasteiger partial charge in [-0.3, -0.25) is 38.4 Å². The number of hydrogen-bond acceptors (Lipinski definition) is 12. The van der Waals surface area contributed by atoms with Crippen molar-refractivity contribution in [1.82, 2.24) is 21.3 Å². The quantitative estimate of drug-likeness (QED) is 0.0220. The molecule has 0 bridgehead atoms. The van der Waals surface area contributed by atoms with Gasteiger partial charge in [0.15, 0.2) is 0 Å². The zero-order chi connectivity index (χ0) is 61.4. The Balaban J connectivity index is 5.83. The molecule has 0 rings (SSSR count). The number of unbranched alkanes of at least 4 members (excludes halogenated alkanes) is 34. The number of hydrogen-bond donors (Lipinski definition) is 7. The van der Waals surface area contributed by atoms with Crippen molar-refractivity contribution >= 4 is 65.2 Å². The molecule has 0 saturated heterocycles. The van der Waals surface area contributed by atoms with Crippen molar-refractivity contribution < 1.29 is 67.9 Å². The number of thioether (sulfide) groups is 1. The SMILES string of the molecule is CCCCCCCCCCCCCCCC(=O)OC[C@H](CSC[C@H](NC(=O)CCCCCCCCCCCCC)C(=O)NCC(=O)N[C@@H](CCC(=O)O)C(=O)N[C@@H](CCC(=O)O)C(=O)O)OC(=O)CCCCCCCCCCCCCCC. The Morgan fingerprint density at radius 2 is 0.735 bits per heavy atom. The number of rotatable bonds is 61. The lowest BCUT2D eigenvalue weighted by Gasteiger charge is -2.22. The van der Waals surface area contributed by atoms with E-state index in [-0.39, 0.29) is 49.3 Å². The van der Waals surface area contributed by atoms with E-state index >= 15 is 0 Å². The van der Waals surface area contributed by atoms with Gasteiger partial charge in [0.05, 0.1) is 6.54 Å². The van der Waals surface area contributed by atoms with E-state index in [1.54, 1.807) is 0 Å². The summed E-state index contributed by atoms with van der Waals surface area (Å²) < 4.78 is 11.6. The van der Waals surface area contributed by atoms with Crippen LogP contribution in [0.1, 0.15) is 303 Å². The first-order chi connectivity index (χ1) is 40.1. The monoisotopic (exact) mass is 1200 g/mol. The van der Waals surface area contributed by atoms with Crippen LogP contribution >= 0.6 is 11.8 Å². The van der Waals surface area contributed by atoms with Gasteiger partial charge in [-0.05, 0) is 32.1 Å². The molecule has 19 heteroatoms. The summed E-state index contributed by atoms with van der Waals surface area (Å²) in [4.78, 5) is 114. The van der Waals surface area contributed by atoms with Gasteiger partial charge in [0, 0.05) is 43.6 Å². The third-order valence-corrected chi connectivity index (χ3v) is 16.1. The highest BCUT2D eigenvalue weighted by molar-refractivity contribution is 7.99. The number of carboxylic acid groups (broad SMARTS) is 3. The molecule has 4 atom stereocenters. The van der Waals surface area contributed by atoms with Crippen LogP contribution in [0.25, 0.3) is 0 Å². The van der Waals surface area contributed by atoms with Crippen molar-refractivity contribution in [2.45, 2.75) is 328 Å². The van der Waals surface area contributed by atoms with Crippen LogP contribution in [0.3, 0.4) is 0 Å². The molecule has 0 aliphatic rings. The molecule has 18 nitrogen and oxygen atoms in total. The van der Waals surface area contributed by atoms with E-state index in [9.17, 15) is 53.4 Å². The van der Waals surface area contributed by atoms with Gasteiger partial charge in [-0.1, -0.05) is 239 Å². The van der Waals surface area contributed by atoms with Crippen LogP contribution in [0, 0.1) is 0 Å². The molecule has 0 fully saturated rings. The Kier molecular flexibility index (Phi) is 53.7. The molecule has 0 radical (unpaired) electrons. The topological polar surface area (TPSA) is 281 Å². The second-order valence-corrected chi connectivity index (χ2v) is 23.9. The number of aliphatic carboxylic acids is 3. The highest BCUT2D eigenvalue weighted by atomic mass is 32.2. The van der Waals surface area contributed by atoms with Gasteiger partial charge >= 0.3 is 29.8 Å². The van der Waals surface area contributed by atoms with E-state index in [1.807, 2.05) is 0 Å². The lowest BCUT2D eigenvalue weighted by Crippen LogP contribution is -2.54. The molecule has 0 aromatic carbocycles. The van der Waals surface area contributed by atoms with Gasteiger partial charge in [0.25, 0.3) is 0 Å². The zero-order valence-electron chi connectivity index (χ0n) is 52.0. The highest BCUT2D eigenvalue weighted by Gasteiger charge is 2.29. The zero-order valence-corrected chi connectivity index (χ0v) is 52.8. The smallest absolute Gasteiger partial charge is 0.326 e. The number of carbonyl (C=O) groups excluding carboxylic acids is 6. The van der Waals surface area contributed by atoms with Crippen molar-refractivity contribution in [3.8, 4) is 0 Å². The fourth-order valence-electron chi connectivity index (χ4n) is 9.78. The van der Waals surface area contributed by atoms with Gasteiger partial charge in [0.1, 0.15) is 30.8 Å². The van der Waals surface area contributed by atoms with Crippen LogP contribution in [0.5, 0.6) is 0 Å². The van der Waals surface area contributed by atoms with Crippen LogP contribution in [-0.2, 0) is 52.6 Å². The summed E-state index contributed by atoms with van der Waals surface area (Å²) in [7, 11) is 0. The molecule has 7 N–H and O–H groups in total. The minimum atomic E-state index is -1.64. The number of carboxylic acids is 3. The van der Waals surface area contributed by atoms with Crippen molar-refractivity contribution in [1.29, 1.82) is 0 Å². The average molecular weight is 1200 g/mol. The van der Waals surface area contributed by atoms with Crippen molar-refractivity contribution in [2.75, 3.05) is 24.7 Å². The standard InChI is InChI=1S/C64H116N4O14S/c1-4-7-10-13-16-19-22-24-27-30-33-36-39-42-60(75)81-49-52(82-61(76)43-40-37-34-31-28-25-23-20-17-14-11-8-5-2)50-83-51-55(67-56(69)41-38-35-32-29-26-21-18-15-12-9-6-3)62(77)65-48-57(70)66-53(44-46-58(71)72)63(78)68-54(64(79)80)45-47-59(73)74/h52-55H,4-51H2,1-3H3,(H,65,77)(H,66,70)(H,67,69)(H,68,78)(H,71,72)(H,73,74)(H,79,80)/t52-,53+,54+,55+/m1/s1. The number of carbonyl (C=O) groups is 9. The summed E-state index contributed by atoms with van der Waals surface area (Å²) >= 11 is 1.20. The molecule has 0 unspecified atom stereocenters. The predicted molar refractivity (Wildman–Crippen MR) is 330 cm³/mol. The Labute approximate surface area is 504 Å². The molecule has 0 aromatic heterocycles. The van der Waals surface area contributed by atoms with Crippen LogP contribution in [-0.4, -0.2) is 118 Å². The fourth-order valence-corrected chi connectivity index (χ4v) is 10.8. The molecule has 83 heavy (non-hydrogen) atoms. The van der Waals surface area contributed by atoms with Crippen LogP contribution < -0.4 is 21.3 Å². The number of amides is 4. The van der Waals surface area contributed by atoms with E-state index in [0.717, 1.165) is 64.2 Å². The Morgan fingerprint density at radius 3 is 1.13 bits per heavy atom. The Hall–Kier alpha value is -4.42. The van der Waals surface area contributed by atoms with Crippen LogP contribution in [0.4, 0.5) is 0 Å². The van der Waals surface area contributed by atoms with Gasteiger partial charge in [-0.25, -0.2) is 4.79 Å². The average Bonchev–Trinajstić information content (AvgIpc) is 3.45. The summed E-state index contributed by atoms with van der Waals surface area (Å²) in [5.74, 6) is -7.92. The second-order valence-electron chi connectivity index (χ2n) is 22.8. The summed E-state index contributed by atoms with van der Waals surface area (Å²) in [6, 6.07) is -4.36. The molecular weight excluding hydrogens is 1080 g/mol. The molecule has 0 spiro atoms. The van der Waals surface area contributed by atoms with Crippen molar-refractivity contribution in [3.63, 3.8) is 0 Å². The van der Waals surface area contributed by atoms with Gasteiger partial charge in [-0.2, -0.15) is 11.8 Å². The van der Waals surface area contributed by atoms with E-state index in [4.69, 9.17) is 14.6 Å². The molecule has 0 aromatic rings. The molecule has 0 heterocycles. The number of ether oxygens (including phenoxy) is 2. The molecule has 4 amide bonds. The Bertz CT molecular complexity index is 1720. The number of nitrogens with one attached hydrogen (secondary N) is 4. The van der Waals surface area contributed by atoms with Crippen molar-refractivity contribution in [3.05, 3.63) is 0 Å². The third-order valence-electron chi connectivity index (χ3n) is 14.9. The third kappa shape index (κ3) is 51.7. The predicted octanol–water partition coefficient (Wildman–Crippen LogP) is 13.2. The summed E-state index contributed by atoms with van der Waals surface area (Å²) in [6.45, 7) is 5.78. The fraction of sp³-hybridized carbons (Fsp3) is 0.859. The molecule has 0 aliphatic carbocycles. The van der Waals surface area contributed by atoms with Crippen LogP contribution in [0.2, 0.25) is 0 Å². The normalized spacial score (nSPS) is 12.6. The minimum absolute atomic E-state index is 0.0200. The first-order valence-electron chi connectivity index (χ1n) is 32.9. The Morgan fingerprint density at radius 1 is 0.373 bits per heavy atom. The minimum Gasteiger partial charge on any atom is -0.481 e. The van der Waals surface area contributed by atoms with E-state index in [0.29, 0.717) is 19.3 Å². The maximum Gasteiger partial charge on any atom is 0.326 e. The van der Waals surface area contributed by atoms with Gasteiger partial charge in [-0.15, -0.1) is 0 Å². The van der Waals surface area contributed by atoms with Gasteiger partial charge in [0.2, 0.25) is 23.6 Å². The van der Waals surface area contributed by atoms with Gasteiger partial charge < -0.3 is 46.1 Å². The first-order valence-corrected chi connectivity index (χ1v) is 34.0.